The summed E-state index contributed by atoms with van der Waals surface area (Å²) in [7, 11) is 1.74. The topological polar surface area (TPSA) is 163 Å². The van der Waals surface area contributed by atoms with Crippen LogP contribution in [0, 0.1) is 5.92 Å². The molecule has 0 bridgehead atoms. The molecule has 6 heterocycles. The van der Waals surface area contributed by atoms with E-state index in [9.17, 15) is 28.0 Å². The lowest BCUT2D eigenvalue weighted by Crippen LogP contribution is -2.40. The Bertz CT molecular complexity index is 2490. The smallest absolute Gasteiger partial charge is 0.329 e. The van der Waals surface area contributed by atoms with Gasteiger partial charge in [0, 0.05) is 59.0 Å². The molecule has 1 atom stereocenters. The molecular formula is C44H54F2N10O6. The minimum Gasteiger partial charge on any atom is -0.378 e. The number of ketones is 2. The fourth-order valence-electron chi connectivity index (χ4n) is 10.0. The maximum absolute atomic E-state index is 14.6. The number of benzene rings is 1. The van der Waals surface area contributed by atoms with Gasteiger partial charge in [-0.05, 0) is 81.4 Å². The number of anilines is 2. The third-order valence-corrected chi connectivity index (χ3v) is 13.3. The Kier molecular flexibility index (Phi) is 12.3. The average molecular weight is 857 g/mol. The Labute approximate surface area is 357 Å². The number of hydrogen-bond donors (Lipinski definition) is 1. The third-order valence-electron chi connectivity index (χ3n) is 13.3. The molecule has 2 saturated heterocycles. The Balaban J connectivity index is 0.732. The van der Waals surface area contributed by atoms with Crippen molar-refractivity contribution in [2.45, 2.75) is 95.2 Å². The van der Waals surface area contributed by atoms with Crippen LogP contribution in [0.1, 0.15) is 104 Å². The molecule has 2 aliphatic carbocycles. The summed E-state index contributed by atoms with van der Waals surface area (Å²) in [5.74, 6) is 0.328. The van der Waals surface area contributed by atoms with Crippen LogP contribution in [0.3, 0.4) is 0 Å². The van der Waals surface area contributed by atoms with E-state index >= 15 is 0 Å². The number of halogens is 2. The predicted octanol–water partition coefficient (Wildman–Crippen LogP) is 5.31. The van der Waals surface area contributed by atoms with Crippen LogP contribution in [0.2, 0.25) is 0 Å². The first-order valence-corrected chi connectivity index (χ1v) is 22.0. The summed E-state index contributed by atoms with van der Waals surface area (Å²) in [5.41, 5.74) is 2.61. The molecular weight excluding hydrogens is 803 g/mol. The van der Waals surface area contributed by atoms with Crippen molar-refractivity contribution < 1.29 is 32.6 Å². The van der Waals surface area contributed by atoms with Crippen molar-refractivity contribution in [2.24, 2.45) is 13.0 Å². The quantitative estimate of drug-likeness (QED) is 0.121. The molecule has 2 saturated carbocycles. The zero-order valence-corrected chi connectivity index (χ0v) is 35.1. The van der Waals surface area contributed by atoms with Crippen LogP contribution in [0.15, 0.2) is 47.7 Å². The van der Waals surface area contributed by atoms with Crippen LogP contribution in [0.5, 0.6) is 0 Å². The van der Waals surface area contributed by atoms with E-state index in [2.05, 4.69) is 30.3 Å². The highest BCUT2D eigenvalue weighted by molar-refractivity contribution is 6.08. The summed E-state index contributed by atoms with van der Waals surface area (Å²) in [6.07, 6.45) is 9.06. The molecule has 62 heavy (non-hydrogen) atoms. The van der Waals surface area contributed by atoms with Gasteiger partial charge in [0.25, 0.3) is 12.3 Å². The van der Waals surface area contributed by atoms with Gasteiger partial charge < -0.3 is 24.6 Å². The number of rotatable bonds is 13. The molecule has 4 aliphatic rings. The van der Waals surface area contributed by atoms with Crippen molar-refractivity contribution in [3.05, 3.63) is 70.2 Å². The molecule has 4 fully saturated rings. The lowest BCUT2D eigenvalue weighted by Gasteiger charge is -2.36. The lowest BCUT2D eigenvalue weighted by molar-refractivity contribution is -0.132. The second-order valence-electron chi connectivity index (χ2n) is 17.2. The maximum Gasteiger partial charge on any atom is 0.329 e. The summed E-state index contributed by atoms with van der Waals surface area (Å²) in [6.45, 7) is 5.99. The van der Waals surface area contributed by atoms with Crippen LogP contribution in [-0.2, 0) is 32.5 Å². The molecule has 18 heteroatoms. The standard InChI is InChI=1S/C44H54F2N10O6/c1-51-39-29(4-2-6-36(39)55(44(51)60)35-12-11-31(57)24-37(35)58)5-3-21-62-32-13-16-52(17-14-32)27-28-7-9-30(10-8-28)56-40(41(45)46)34(26-48-56)49-43(59)33-25-47-54-18-15-38(50-42(33)54)53-19-22-61-23-20-53/h2,4,6,15,18,25-26,28,30,32,35,41H,3,5,7-14,16-17,19-24,27H2,1H3,(H,49,59). The first kappa shape index (κ1) is 42.0. The molecule has 9 rings (SSSR count). The number of Topliss-reactive ketones (excluding diaryl/α,β-unsaturated/α-hetero) is 2. The normalized spacial score (nSPS) is 22.1. The number of amides is 1. The number of aromatic nitrogens is 7. The van der Waals surface area contributed by atoms with Gasteiger partial charge >= 0.3 is 5.69 Å². The van der Waals surface area contributed by atoms with Gasteiger partial charge in [0.2, 0.25) is 0 Å². The number of carbonyl (C=O) groups is 3. The Morgan fingerprint density at radius 1 is 0.968 bits per heavy atom. The number of hydrogen-bond acceptors (Lipinski definition) is 11. The van der Waals surface area contributed by atoms with Crippen LogP contribution in [-0.4, -0.2) is 115 Å². The van der Waals surface area contributed by atoms with Gasteiger partial charge in [-0.3, -0.25) is 28.2 Å². The average Bonchev–Trinajstić information content (AvgIpc) is 3.98. The molecule has 0 radical (unpaired) electrons. The van der Waals surface area contributed by atoms with E-state index in [1.54, 1.807) is 22.4 Å². The fourth-order valence-corrected chi connectivity index (χ4v) is 10.0. The summed E-state index contributed by atoms with van der Waals surface area (Å²) in [6, 6.07) is 6.88. The number of carbonyl (C=O) groups excluding carboxylic acids is 3. The second kappa shape index (κ2) is 18.2. The number of aryl methyl sites for hydroxylation is 2. The van der Waals surface area contributed by atoms with Gasteiger partial charge in [-0.1, -0.05) is 12.1 Å². The third kappa shape index (κ3) is 8.56. The Hall–Kier alpha value is -5.33. The highest BCUT2D eigenvalue weighted by Crippen LogP contribution is 2.38. The zero-order valence-electron chi connectivity index (χ0n) is 35.1. The van der Waals surface area contributed by atoms with E-state index in [4.69, 9.17) is 9.47 Å². The number of ether oxygens (including phenoxy) is 2. The number of fused-ring (bicyclic) bond motifs is 2. The SMILES string of the molecule is Cn1c(=O)n(C2CCC(=O)CC2=O)c2cccc(CCCOC3CCN(CC4CCC(n5ncc(NC(=O)c6cnn7ccc(N8CCOCC8)nc67)c5C(F)F)CC4)CC3)c21. The van der Waals surface area contributed by atoms with Gasteiger partial charge in [-0.15, -0.1) is 0 Å². The molecule has 5 aromatic rings. The van der Waals surface area contributed by atoms with Crippen LogP contribution >= 0.6 is 0 Å². The minimum absolute atomic E-state index is 0.00558. The van der Waals surface area contributed by atoms with Crippen LogP contribution in [0.4, 0.5) is 20.3 Å². The maximum atomic E-state index is 14.6. The summed E-state index contributed by atoms with van der Waals surface area (Å²) < 4.78 is 47.2. The van der Waals surface area contributed by atoms with E-state index in [0.29, 0.717) is 63.1 Å². The minimum atomic E-state index is -2.82. The molecule has 1 amide bonds. The molecule has 0 spiro atoms. The Morgan fingerprint density at radius 2 is 1.76 bits per heavy atom. The zero-order chi connectivity index (χ0) is 42.9. The molecule has 1 aromatic carbocycles. The summed E-state index contributed by atoms with van der Waals surface area (Å²) >= 11 is 0. The molecule has 16 nitrogen and oxygen atoms in total. The van der Waals surface area contributed by atoms with E-state index in [0.717, 1.165) is 87.6 Å². The van der Waals surface area contributed by atoms with E-state index in [1.807, 2.05) is 24.3 Å². The van der Waals surface area contributed by atoms with Gasteiger partial charge in [0.05, 0.1) is 66.9 Å². The predicted molar refractivity (Wildman–Crippen MR) is 226 cm³/mol. The molecule has 2 aliphatic heterocycles. The summed E-state index contributed by atoms with van der Waals surface area (Å²) in [4.78, 5) is 60.6. The fraction of sp³-hybridized carbons (Fsp3) is 0.568. The summed E-state index contributed by atoms with van der Waals surface area (Å²) in [5, 5.41) is 11.3. The number of para-hydroxylation sites is 1. The second-order valence-corrected chi connectivity index (χ2v) is 17.2. The van der Waals surface area contributed by atoms with Crippen molar-refractivity contribution >= 4 is 45.7 Å². The van der Waals surface area contributed by atoms with E-state index in [-0.39, 0.29) is 52.8 Å². The van der Waals surface area contributed by atoms with Crippen LogP contribution < -0.4 is 15.9 Å². The number of piperidine rings is 1. The number of alkyl halides is 2. The first-order valence-electron chi connectivity index (χ1n) is 22.0. The molecule has 1 unspecified atom stereocenters. The molecule has 330 valence electrons. The Morgan fingerprint density at radius 3 is 2.52 bits per heavy atom. The van der Waals surface area contributed by atoms with Gasteiger partial charge in [0.1, 0.15) is 22.9 Å². The van der Waals surface area contributed by atoms with Crippen molar-refractivity contribution in [2.75, 3.05) is 62.8 Å². The highest BCUT2D eigenvalue weighted by Gasteiger charge is 2.33. The van der Waals surface area contributed by atoms with Crippen molar-refractivity contribution in [1.29, 1.82) is 0 Å². The largest absolute Gasteiger partial charge is 0.378 e. The highest BCUT2D eigenvalue weighted by atomic mass is 19.3. The van der Waals surface area contributed by atoms with Crippen molar-refractivity contribution in [3.63, 3.8) is 0 Å². The van der Waals surface area contributed by atoms with Crippen molar-refractivity contribution in [1.82, 2.24) is 38.4 Å². The number of likely N-dealkylation sites (tertiary alicyclic amines) is 1. The first-order chi connectivity index (χ1) is 30.1. The lowest BCUT2D eigenvalue weighted by atomic mass is 9.85. The van der Waals surface area contributed by atoms with E-state index in [1.165, 1.54) is 21.6 Å². The molecule has 4 aromatic heterocycles. The van der Waals surface area contributed by atoms with Crippen LogP contribution in [0.25, 0.3) is 16.7 Å². The van der Waals surface area contributed by atoms with Gasteiger partial charge in [0.15, 0.2) is 11.4 Å². The monoisotopic (exact) mass is 856 g/mol. The van der Waals surface area contributed by atoms with Crippen molar-refractivity contribution in [3.8, 4) is 0 Å². The van der Waals surface area contributed by atoms with E-state index < -0.39 is 18.4 Å². The number of nitrogens with zero attached hydrogens (tertiary/aromatic N) is 9. The van der Waals surface area contributed by atoms with Gasteiger partial charge in [-0.25, -0.2) is 23.1 Å². The number of nitrogens with one attached hydrogen (secondary N) is 1. The number of imidazole rings is 1. The number of morpholine rings is 1. The van der Waals surface area contributed by atoms with Gasteiger partial charge in [-0.2, -0.15) is 10.2 Å². The molecule has 1 N–H and O–H groups in total.